The lowest BCUT2D eigenvalue weighted by atomic mass is 9.84. The standard InChI is InChI=1S/C20H28N2O2S/c1-14(2)17(15-7-4-3-5-8-15)11-21-19(23)18-12-25-13-22(18)20(24)16-9-6-10-16/h3-5,7-8,14,16-18H,6,9-13H2,1-2H3,(H,21,23). The molecule has 1 N–H and O–H groups in total. The molecule has 2 atom stereocenters. The Kier molecular flexibility index (Phi) is 6.05. The summed E-state index contributed by atoms with van der Waals surface area (Å²) in [6.07, 6.45) is 3.11. The van der Waals surface area contributed by atoms with Crippen molar-refractivity contribution in [2.75, 3.05) is 18.2 Å². The van der Waals surface area contributed by atoms with E-state index in [0.717, 1.165) is 19.3 Å². The van der Waals surface area contributed by atoms with Crippen LogP contribution in [0.3, 0.4) is 0 Å². The molecule has 3 rings (SSSR count). The Morgan fingerprint density at radius 1 is 1.24 bits per heavy atom. The summed E-state index contributed by atoms with van der Waals surface area (Å²) in [5, 5.41) is 3.12. The van der Waals surface area contributed by atoms with Crippen molar-refractivity contribution < 1.29 is 9.59 Å². The second-order valence-corrected chi connectivity index (χ2v) is 8.46. The Hall–Kier alpha value is -1.49. The van der Waals surface area contributed by atoms with Crippen molar-refractivity contribution in [2.45, 2.75) is 45.1 Å². The van der Waals surface area contributed by atoms with Gasteiger partial charge in [-0.1, -0.05) is 50.6 Å². The third-order valence-electron chi connectivity index (χ3n) is 5.45. The van der Waals surface area contributed by atoms with E-state index in [0.29, 0.717) is 24.1 Å². The van der Waals surface area contributed by atoms with Crippen LogP contribution in [-0.4, -0.2) is 40.9 Å². The Balaban J connectivity index is 1.59. The molecule has 2 unspecified atom stereocenters. The van der Waals surface area contributed by atoms with Gasteiger partial charge in [-0.2, -0.15) is 0 Å². The first kappa shape index (κ1) is 18.3. The molecule has 1 aromatic carbocycles. The fourth-order valence-electron chi connectivity index (χ4n) is 3.53. The molecule has 136 valence electrons. The van der Waals surface area contributed by atoms with Gasteiger partial charge in [0.15, 0.2) is 0 Å². The number of rotatable bonds is 6. The molecule has 2 aliphatic rings. The van der Waals surface area contributed by atoms with Gasteiger partial charge in [0.2, 0.25) is 11.8 Å². The van der Waals surface area contributed by atoms with Crippen LogP contribution in [0.15, 0.2) is 30.3 Å². The molecule has 4 nitrogen and oxygen atoms in total. The highest BCUT2D eigenvalue weighted by Crippen LogP contribution is 2.32. The van der Waals surface area contributed by atoms with E-state index in [9.17, 15) is 9.59 Å². The fraction of sp³-hybridized carbons (Fsp3) is 0.600. The Morgan fingerprint density at radius 3 is 2.56 bits per heavy atom. The van der Waals surface area contributed by atoms with Crippen molar-refractivity contribution in [1.29, 1.82) is 0 Å². The van der Waals surface area contributed by atoms with Crippen LogP contribution in [0.5, 0.6) is 0 Å². The molecule has 0 bridgehead atoms. The van der Waals surface area contributed by atoms with Crippen LogP contribution in [0.1, 0.15) is 44.6 Å². The summed E-state index contributed by atoms with van der Waals surface area (Å²) in [5.41, 5.74) is 1.25. The zero-order chi connectivity index (χ0) is 17.8. The second-order valence-electron chi connectivity index (χ2n) is 7.46. The van der Waals surface area contributed by atoms with Crippen molar-refractivity contribution in [1.82, 2.24) is 10.2 Å². The first-order valence-electron chi connectivity index (χ1n) is 9.28. The molecule has 1 aromatic rings. The van der Waals surface area contributed by atoms with Gasteiger partial charge in [0, 0.05) is 24.1 Å². The van der Waals surface area contributed by atoms with Crippen LogP contribution in [0.25, 0.3) is 0 Å². The van der Waals surface area contributed by atoms with E-state index < -0.39 is 0 Å². The van der Waals surface area contributed by atoms with Crippen molar-refractivity contribution in [2.24, 2.45) is 11.8 Å². The molecule has 25 heavy (non-hydrogen) atoms. The van der Waals surface area contributed by atoms with Crippen molar-refractivity contribution in [3.63, 3.8) is 0 Å². The number of hydrogen-bond acceptors (Lipinski definition) is 3. The van der Waals surface area contributed by atoms with Gasteiger partial charge < -0.3 is 10.2 Å². The minimum absolute atomic E-state index is 0.000690. The predicted molar refractivity (Wildman–Crippen MR) is 102 cm³/mol. The number of amides is 2. The van der Waals surface area contributed by atoms with E-state index in [1.54, 1.807) is 16.7 Å². The van der Waals surface area contributed by atoms with Crippen molar-refractivity contribution in [3.8, 4) is 0 Å². The number of hydrogen-bond donors (Lipinski definition) is 1. The van der Waals surface area contributed by atoms with E-state index >= 15 is 0 Å². The molecule has 0 spiro atoms. The first-order chi connectivity index (χ1) is 12.1. The summed E-state index contributed by atoms with van der Waals surface area (Å²) in [5.74, 6) is 2.42. The maximum Gasteiger partial charge on any atom is 0.243 e. The summed E-state index contributed by atoms with van der Waals surface area (Å²) >= 11 is 1.68. The number of nitrogens with one attached hydrogen (secondary N) is 1. The lowest BCUT2D eigenvalue weighted by molar-refractivity contribution is -0.143. The second kappa shape index (κ2) is 8.26. The molecular weight excluding hydrogens is 332 g/mol. The molecule has 1 saturated heterocycles. The van der Waals surface area contributed by atoms with Crippen molar-refractivity contribution >= 4 is 23.6 Å². The lowest BCUT2D eigenvalue weighted by Crippen LogP contribution is -2.50. The van der Waals surface area contributed by atoms with Crippen LogP contribution < -0.4 is 5.32 Å². The lowest BCUT2D eigenvalue weighted by Gasteiger charge is -2.32. The minimum Gasteiger partial charge on any atom is -0.354 e. The highest BCUT2D eigenvalue weighted by atomic mass is 32.2. The Labute approximate surface area is 154 Å². The molecular formula is C20H28N2O2S. The molecule has 2 fully saturated rings. The molecule has 1 heterocycles. The summed E-state index contributed by atoms with van der Waals surface area (Å²) in [7, 11) is 0. The Bertz CT molecular complexity index is 601. The monoisotopic (exact) mass is 360 g/mol. The van der Waals surface area contributed by atoms with Crippen LogP contribution >= 0.6 is 11.8 Å². The third kappa shape index (κ3) is 4.20. The third-order valence-corrected chi connectivity index (χ3v) is 6.46. The van der Waals surface area contributed by atoms with E-state index in [2.05, 4.69) is 31.3 Å². The normalized spacial score (nSPS) is 21.9. The first-order valence-corrected chi connectivity index (χ1v) is 10.4. The summed E-state index contributed by atoms with van der Waals surface area (Å²) < 4.78 is 0. The molecule has 2 amide bonds. The summed E-state index contributed by atoms with van der Waals surface area (Å²) in [6, 6.07) is 10.0. The van der Waals surface area contributed by atoms with E-state index in [-0.39, 0.29) is 29.7 Å². The van der Waals surface area contributed by atoms with Crippen LogP contribution in [0.4, 0.5) is 0 Å². The maximum absolute atomic E-state index is 12.7. The average Bonchev–Trinajstić information content (AvgIpc) is 3.03. The molecule has 5 heteroatoms. The number of nitrogens with zero attached hydrogens (tertiary/aromatic N) is 1. The topological polar surface area (TPSA) is 49.4 Å². The van der Waals surface area contributed by atoms with Gasteiger partial charge in [0.05, 0.1) is 5.88 Å². The molecule has 1 aliphatic heterocycles. The van der Waals surface area contributed by atoms with Gasteiger partial charge in [0.1, 0.15) is 6.04 Å². The quantitative estimate of drug-likeness (QED) is 0.847. The summed E-state index contributed by atoms with van der Waals surface area (Å²) in [6.45, 7) is 4.98. The number of benzene rings is 1. The fourth-order valence-corrected chi connectivity index (χ4v) is 4.70. The average molecular weight is 361 g/mol. The van der Waals surface area contributed by atoms with Gasteiger partial charge >= 0.3 is 0 Å². The van der Waals surface area contributed by atoms with Gasteiger partial charge in [-0.25, -0.2) is 0 Å². The molecule has 0 aromatic heterocycles. The van der Waals surface area contributed by atoms with E-state index in [4.69, 9.17) is 0 Å². The van der Waals surface area contributed by atoms with Gasteiger partial charge in [-0.05, 0) is 24.3 Å². The molecule has 1 aliphatic carbocycles. The molecule has 1 saturated carbocycles. The number of carbonyl (C=O) groups is 2. The van der Waals surface area contributed by atoms with Gasteiger partial charge in [0.25, 0.3) is 0 Å². The minimum atomic E-state index is -0.304. The van der Waals surface area contributed by atoms with Crippen LogP contribution in [0, 0.1) is 11.8 Å². The smallest absolute Gasteiger partial charge is 0.243 e. The van der Waals surface area contributed by atoms with Crippen LogP contribution in [0.2, 0.25) is 0 Å². The SMILES string of the molecule is CC(C)C(CNC(=O)C1CSCN1C(=O)C1CCC1)c1ccccc1. The van der Waals surface area contributed by atoms with E-state index in [1.807, 2.05) is 18.2 Å². The summed E-state index contributed by atoms with van der Waals surface area (Å²) in [4.78, 5) is 27.1. The number of carbonyl (C=O) groups excluding carboxylic acids is 2. The largest absolute Gasteiger partial charge is 0.354 e. The van der Waals surface area contributed by atoms with E-state index in [1.165, 1.54) is 5.56 Å². The predicted octanol–water partition coefficient (Wildman–Crippen LogP) is 3.24. The Morgan fingerprint density at radius 2 is 1.96 bits per heavy atom. The zero-order valence-corrected chi connectivity index (χ0v) is 15.9. The van der Waals surface area contributed by atoms with Crippen molar-refractivity contribution in [3.05, 3.63) is 35.9 Å². The highest BCUT2D eigenvalue weighted by Gasteiger charge is 2.39. The van der Waals surface area contributed by atoms with Gasteiger partial charge in [-0.3, -0.25) is 9.59 Å². The molecule has 0 radical (unpaired) electrons. The van der Waals surface area contributed by atoms with Crippen LogP contribution in [-0.2, 0) is 9.59 Å². The number of thioether (sulfide) groups is 1. The highest BCUT2D eigenvalue weighted by molar-refractivity contribution is 7.99. The van der Waals surface area contributed by atoms with Gasteiger partial charge in [-0.15, -0.1) is 11.8 Å². The zero-order valence-electron chi connectivity index (χ0n) is 15.1. The maximum atomic E-state index is 12.7.